The molecule has 1 atom stereocenters. The van der Waals surface area contributed by atoms with Gasteiger partial charge in [-0.3, -0.25) is 4.90 Å². The third kappa shape index (κ3) is 4.04. The Balaban J connectivity index is 1.45. The summed E-state index contributed by atoms with van der Waals surface area (Å²) in [6, 6.07) is 9.40. The number of hydrogen-bond acceptors (Lipinski definition) is 4. The summed E-state index contributed by atoms with van der Waals surface area (Å²) in [7, 11) is 0. The van der Waals surface area contributed by atoms with Crippen molar-refractivity contribution in [1.29, 1.82) is 0 Å². The molecule has 0 bridgehead atoms. The van der Waals surface area contributed by atoms with Crippen LogP contribution in [0.4, 0.5) is 10.2 Å². The van der Waals surface area contributed by atoms with Gasteiger partial charge in [0.2, 0.25) is 0 Å². The molecule has 1 aromatic carbocycles. The van der Waals surface area contributed by atoms with Gasteiger partial charge < -0.3 is 4.90 Å². The van der Waals surface area contributed by atoms with Crippen LogP contribution in [0.3, 0.4) is 0 Å². The first-order valence-electron chi connectivity index (χ1n) is 9.73. The second-order valence-corrected chi connectivity index (χ2v) is 7.77. The smallest absolute Gasteiger partial charge is 0.135 e. The van der Waals surface area contributed by atoms with Gasteiger partial charge >= 0.3 is 0 Å². The van der Waals surface area contributed by atoms with Crippen LogP contribution in [-0.4, -0.2) is 47.1 Å². The zero-order valence-corrected chi connectivity index (χ0v) is 15.4. The fourth-order valence-corrected chi connectivity index (χ4v) is 3.99. The number of halogens is 1. The Morgan fingerprint density at radius 2 is 1.88 bits per heavy atom. The molecule has 5 heteroatoms. The molecule has 1 aliphatic heterocycles. The zero-order chi connectivity index (χ0) is 17.9. The predicted octanol–water partition coefficient (Wildman–Crippen LogP) is 3.52. The highest BCUT2D eigenvalue weighted by molar-refractivity contribution is 5.38. The van der Waals surface area contributed by atoms with Gasteiger partial charge in [-0.15, -0.1) is 0 Å². The lowest BCUT2D eigenvalue weighted by molar-refractivity contribution is 0.124. The normalized spacial score (nSPS) is 22.1. The van der Waals surface area contributed by atoms with E-state index < -0.39 is 0 Å². The Labute approximate surface area is 155 Å². The summed E-state index contributed by atoms with van der Waals surface area (Å²) < 4.78 is 13.1. The maximum atomic E-state index is 13.1. The standard InChI is InChI=1S/C21H27FN4/c1-16-14-25(19-3-2-4-19)11-12-26(15-16)21-9-10-23-20(24-21)13-17-5-7-18(22)8-6-17/h5-10,16,19H,2-4,11-15H2,1H3. The molecule has 138 valence electrons. The Kier molecular flexibility index (Phi) is 5.16. The SMILES string of the molecule is CC1CN(c2ccnc(Cc3ccc(F)cc3)n2)CCN(C2CCC2)C1. The molecule has 2 heterocycles. The summed E-state index contributed by atoms with van der Waals surface area (Å²) >= 11 is 0. The minimum atomic E-state index is -0.210. The van der Waals surface area contributed by atoms with Gasteiger partial charge in [-0.2, -0.15) is 0 Å². The van der Waals surface area contributed by atoms with Crippen LogP contribution < -0.4 is 4.90 Å². The Morgan fingerprint density at radius 3 is 2.62 bits per heavy atom. The molecular weight excluding hydrogens is 327 g/mol. The highest BCUT2D eigenvalue weighted by Gasteiger charge is 2.29. The molecule has 1 aliphatic carbocycles. The van der Waals surface area contributed by atoms with E-state index in [1.165, 1.54) is 37.9 Å². The fraction of sp³-hybridized carbons (Fsp3) is 0.524. The first-order valence-corrected chi connectivity index (χ1v) is 9.73. The van der Waals surface area contributed by atoms with Crippen LogP contribution >= 0.6 is 0 Å². The van der Waals surface area contributed by atoms with Crippen molar-refractivity contribution in [2.24, 2.45) is 5.92 Å². The molecule has 4 nitrogen and oxygen atoms in total. The molecular formula is C21H27FN4. The van der Waals surface area contributed by atoms with E-state index in [4.69, 9.17) is 4.98 Å². The molecule has 2 aliphatic rings. The van der Waals surface area contributed by atoms with Crippen LogP contribution in [0.15, 0.2) is 36.5 Å². The van der Waals surface area contributed by atoms with Crippen molar-refractivity contribution in [3.05, 3.63) is 53.7 Å². The van der Waals surface area contributed by atoms with E-state index in [0.29, 0.717) is 12.3 Å². The summed E-state index contributed by atoms with van der Waals surface area (Å²) in [5, 5.41) is 0. The largest absolute Gasteiger partial charge is 0.355 e. The average molecular weight is 354 g/mol. The summed E-state index contributed by atoms with van der Waals surface area (Å²) in [5.74, 6) is 2.23. The van der Waals surface area contributed by atoms with Gasteiger partial charge in [-0.1, -0.05) is 25.5 Å². The van der Waals surface area contributed by atoms with E-state index >= 15 is 0 Å². The van der Waals surface area contributed by atoms with Gasteiger partial charge in [0.1, 0.15) is 17.5 Å². The number of rotatable bonds is 4. The minimum absolute atomic E-state index is 0.210. The van der Waals surface area contributed by atoms with Gasteiger partial charge in [0.05, 0.1) is 0 Å². The highest BCUT2D eigenvalue weighted by atomic mass is 19.1. The van der Waals surface area contributed by atoms with Crippen molar-refractivity contribution in [2.45, 2.75) is 38.6 Å². The lowest BCUT2D eigenvalue weighted by Crippen LogP contribution is -2.43. The first kappa shape index (κ1) is 17.4. The number of anilines is 1. The molecule has 4 rings (SSSR count). The monoisotopic (exact) mass is 354 g/mol. The molecule has 2 fully saturated rings. The lowest BCUT2D eigenvalue weighted by Gasteiger charge is -2.37. The molecule has 0 amide bonds. The molecule has 2 aromatic rings. The van der Waals surface area contributed by atoms with Gasteiger partial charge in [-0.05, 0) is 42.5 Å². The second kappa shape index (κ2) is 7.70. The van der Waals surface area contributed by atoms with E-state index in [0.717, 1.165) is 42.9 Å². The minimum Gasteiger partial charge on any atom is -0.355 e. The molecule has 1 saturated carbocycles. The van der Waals surface area contributed by atoms with Gasteiger partial charge in [0, 0.05) is 44.8 Å². The molecule has 1 aromatic heterocycles. The van der Waals surface area contributed by atoms with Crippen molar-refractivity contribution in [3.63, 3.8) is 0 Å². The second-order valence-electron chi connectivity index (χ2n) is 7.77. The summed E-state index contributed by atoms with van der Waals surface area (Å²) in [4.78, 5) is 14.3. The van der Waals surface area contributed by atoms with Crippen LogP contribution in [-0.2, 0) is 6.42 Å². The topological polar surface area (TPSA) is 32.3 Å². The Bertz CT molecular complexity index is 729. The predicted molar refractivity (Wildman–Crippen MR) is 102 cm³/mol. The fourth-order valence-electron chi connectivity index (χ4n) is 3.99. The van der Waals surface area contributed by atoms with Crippen molar-refractivity contribution < 1.29 is 4.39 Å². The average Bonchev–Trinajstić information content (AvgIpc) is 2.77. The van der Waals surface area contributed by atoms with Crippen LogP contribution in [0.1, 0.15) is 37.6 Å². The first-order chi connectivity index (χ1) is 12.7. The van der Waals surface area contributed by atoms with Gasteiger partial charge in [0.25, 0.3) is 0 Å². The molecule has 0 radical (unpaired) electrons. The molecule has 1 saturated heterocycles. The van der Waals surface area contributed by atoms with Crippen LogP contribution in [0.5, 0.6) is 0 Å². The molecule has 0 spiro atoms. The third-order valence-electron chi connectivity index (χ3n) is 5.62. The van der Waals surface area contributed by atoms with E-state index in [1.807, 2.05) is 12.3 Å². The van der Waals surface area contributed by atoms with Crippen molar-refractivity contribution in [3.8, 4) is 0 Å². The Hall–Kier alpha value is -2.01. The number of hydrogen-bond donors (Lipinski definition) is 0. The van der Waals surface area contributed by atoms with Crippen molar-refractivity contribution in [1.82, 2.24) is 14.9 Å². The van der Waals surface area contributed by atoms with Crippen LogP contribution in [0.25, 0.3) is 0 Å². The number of nitrogens with zero attached hydrogens (tertiary/aromatic N) is 4. The van der Waals surface area contributed by atoms with E-state index in [9.17, 15) is 4.39 Å². The zero-order valence-electron chi connectivity index (χ0n) is 15.4. The Morgan fingerprint density at radius 1 is 1.08 bits per heavy atom. The van der Waals surface area contributed by atoms with Crippen LogP contribution in [0.2, 0.25) is 0 Å². The number of benzene rings is 1. The summed E-state index contributed by atoms with van der Waals surface area (Å²) in [6.07, 6.45) is 6.59. The van der Waals surface area contributed by atoms with Gasteiger partial charge in [0.15, 0.2) is 0 Å². The molecule has 1 unspecified atom stereocenters. The maximum Gasteiger partial charge on any atom is 0.135 e. The summed E-state index contributed by atoms with van der Waals surface area (Å²) in [5.41, 5.74) is 1.03. The van der Waals surface area contributed by atoms with E-state index in [2.05, 4.69) is 21.7 Å². The van der Waals surface area contributed by atoms with Crippen molar-refractivity contribution in [2.75, 3.05) is 31.1 Å². The number of aromatic nitrogens is 2. The van der Waals surface area contributed by atoms with Crippen molar-refractivity contribution >= 4 is 5.82 Å². The third-order valence-corrected chi connectivity index (χ3v) is 5.62. The van der Waals surface area contributed by atoms with Crippen LogP contribution in [0, 0.1) is 11.7 Å². The highest BCUT2D eigenvalue weighted by Crippen LogP contribution is 2.27. The van der Waals surface area contributed by atoms with E-state index in [1.54, 1.807) is 12.1 Å². The quantitative estimate of drug-likeness (QED) is 0.841. The van der Waals surface area contributed by atoms with E-state index in [-0.39, 0.29) is 5.82 Å². The summed E-state index contributed by atoms with van der Waals surface area (Å²) in [6.45, 7) is 6.70. The van der Waals surface area contributed by atoms with Gasteiger partial charge in [-0.25, -0.2) is 14.4 Å². The molecule has 0 N–H and O–H groups in total. The molecule has 26 heavy (non-hydrogen) atoms. The lowest BCUT2D eigenvalue weighted by atomic mass is 9.91. The maximum absolute atomic E-state index is 13.1.